The molecule has 1 aliphatic rings. The van der Waals surface area contributed by atoms with E-state index in [-0.39, 0.29) is 0 Å². The first kappa shape index (κ1) is 12.6. The number of β-amino-alcohol motifs (C(OH)–C–C–N with tert-alkyl or cyclic N) is 1. The van der Waals surface area contributed by atoms with E-state index >= 15 is 0 Å². The number of rotatable bonds is 3. The zero-order valence-corrected chi connectivity index (χ0v) is 11.1. The lowest BCUT2D eigenvalue weighted by Crippen LogP contribution is -2.36. The molecule has 2 heteroatoms. The van der Waals surface area contributed by atoms with Gasteiger partial charge in [-0.15, -0.1) is 0 Å². The first-order valence-corrected chi connectivity index (χ1v) is 6.48. The Morgan fingerprint density at radius 2 is 2.00 bits per heavy atom. The molecule has 2 atom stereocenters. The predicted octanol–water partition coefficient (Wildman–Crippen LogP) is 2.53. The maximum Gasteiger partial charge on any atom is 0.0788 e. The minimum Gasteiger partial charge on any atom is -0.388 e. The van der Waals surface area contributed by atoms with Gasteiger partial charge < -0.3 is 5.11 Å². The summed E-state index contributed by atoms with van der Waals surface area (Å²) in [5, 5.41) is 10.4. The molecule has 17 heavy (non-hydrogen) atoms. The third-order valence-electron chi connectivity index (χ3n) is 3.85. The third-order valence-corrected chi connectivity index (χ3v) is 3.85. The van der Waals surface area contributed by atoms with E-state index in [1.807, 2.05) is 13.0 Å². The Labute approximate surface area is 104 Å². The minimum absolute atomic E-state index is 0.381. The summed E-state index contributed by atoms with van der Waals surface area (Å²) >= 11 is 0. The summed E-state index contributed by atoms with van der Waals surface area (Å²) in [5.41, 5.74) is 0.788. The molecule has 1 aliphatic heterocycles. The summed E-state index contributed by atoms with van der Waals surface area (Å²) in [4.78, 5) is 2.36. The van der Waals surface area contributed by atoms with E-state index < -0.39 is 5.60 Å². The summed E-state index contributed by atoms with van der Waals surface area (Å²) in [6, 6.07) is 10.5. The van der Waals surface area contributed by atoms with E-state index in [1.54, 1.807) is 0 Å². The largest absolute Gasteiger partial charge is 0.388 e. The van der Waals surface area contributed by atoms with Gasteiger partial charge in [-0.2, -0.15) is 0 Å². The van der Waals surface area contributed by atoms with E-state index in [9.17, 15) is 5.11 Å². The van der Waals surface area contributed by atoms with Crippen molar-refractivity contribution in [2.75, 3.05) is 13.1 Å². The molecule has 2 rings (SSSR count). The second-order valence-electron chi connectivity index (χ2n) is 5.86. The highest BCUT2D eigenvalue weighted by Crippen LogP contribution is 2.33. The summed E-state index contributed by atoms with van der Waals surface area (Å²) < 4.78 is 0. The standard InChI is InChI=1S/C15H23NO/c1-12(2)14-10-16(11-15(14,3)17)9-13-7-5-4-6-8-13/h4-8,12,14,17H,9-11H2,1-3H3/t14-,15+/m1/s1. The van der Waals surface area contributed by atoms with Gasteiger partial charge in [0.2, 0.25) is 0 Å². The van der Waals surface area contributed by atoms with Crippen molar-refractivity contribution >= 4 is 0 Å². The highest BCUT2D eigenvalue weighted by molar-refractivity contribution is 5.15. The normalized spacial score (nSPS) is 30.1. The first-order chi connectivity index (χ1) is 7.99. The van der Waals surface area contributed by atoms with Gasteiger partial charge in [-0.3, -0.25) is 4.90 Å². The van der Waals surface area contributed by atoms with Crippen LogP contribution in [0.2, 0.25) is 0 Å². The lowest BCUT2D eigenvalue weighted by atomic mass is 9.84. The average molecular weight is 233 g/mol. The van der Waals surface area contributed by atoms with Gasteiger partial charge in [0.05, 0.1) is 5.60 Å². The number of aliphatic hydroxyl groups is 1. The minimum atomic E-state index is -0.539. The fourth-order valence-electron chi connectivity index (χ4n) is 3.00. The van der Waals surface area contributed by atoms with Crippen LogP contribution in [0.1, 0.15) is 26.3 Å². The van der Waals surface area contributed by atoms with Gasteiger partial charge in [-0.1, -0.05) is 44.2 Å². The second kappa shape index (κ2) is 4.79. The van der Waals surface area contributed by atoms with Gasteiger partial charge in [-0.25, -0.2) is 0 Å². The van der Waals surface area contributed by atoms with Gasteiger partial charge in [0.1, 0.15) is 0 Å². The number of hydrogen-bond donors (Lipinski definition) is 1. The third kappa shape index (κ3) is 2.88. The first-order valence-electron chi connectivity index (χ1n) is 6.48. The Bertz CT molecular complexity index is 358. The molecule has 1 aromatic carbocycles. The zero-order valence-electron chi connectivity index (χ0n) is 11.1. The summed E-state index contributed by atoms with van der Waals surface area (Å²) in [5.74, 6) is 0.914. The van der Waals surface area contributed by atoms with E-state index in [1.165, 1.54) is 5.56 Å². The maximum atomic E-state index is 10.4. The molecule has 0 unspecified atom stereocenters. The molecule has 0 aromatic heterocycles. The van der Waals surface area contributed by atoms with Gasteiger partial charge in [0.25, 0.3) is 0 Å². The smallest absolute Gasteiger partial charge is 0.0788 e. The van der Waals surface area contributed by atoms with Crippen LogP contribution in [0.15, 0.2) is 30.3 Å². The van der Waals surface area contributed by atoms with Crippen molar-refractivity contribution in [1.82, 2.24) is 4.90 Å². The van der Waals surface area contributed by atoms with Crippen LogP contribution in [0, 0.1) is 11.8 Å². The molecule has 1 N–H and O–H groups in total. The molecule has 1 saturated heterocycles. The zero-order chi connectivity index (χ0) is 12.5. The molecule has 0 spiro atoms. The van der Waals surface area contributed by atoms with Crippen LogP contribution < -0.4 is 0 Å². The van der Waals surface area contributed by atoms with E-state index in [0.29, 0.717) is 11.8 Å². The lowest BCUT2D eigenvalue weighted by molar-refractivity contribution is 0.0141. The quantitative estimate of drug-likeness (QED) is 0.867. The Morgan fingerprint density at radius 1 is 1.35 bits per heavy atom. The summed E-state index contributed by atoms with van der Waals surface area (Å²) in [6.45, 7) is 9.10. The van der Waals surface area contributed by atoms with Crippen molar-refractivity contribution < 1.29 is 5.11 Å². The summed E-state index contributed by atoms with van der Waals surface area (Å²) in [7, 11) is 0. The molecule has 0 amide bonds. The summed E-state index contributed by atoms with van der Waals surface area (Å²) in [6.07, 6.45) is 0. The molecule has 2 nitrogen and oxygen atoms in total. The predicted molar refractivity (Wildman–Crippen MR) is 70.7 cm³/mol. The van der Waals surface area contributed by atoms with Crippen molar-refractivity contribution in [3.63, 3.8) is 0 Å². The molecule has 0 aliphatic carbocycles. The van der Waals surface area contributed by atoms with Crippen molar-refractivity contribution in [3.8, 4) is 0 Å². The Kier molecular flexibility index (Phi) is 3.55. The highest BCUT2D eigenvalue weighted by Gasteiger charge is 2.42. The molecular weight excluding hydrogens is 210 g/mol. The maximum absolute atomic E-state index is 10.4. The van der Waals surface area contributed by atoms with Crippen molar-refractivity contribution in [2.24, 2.45) is 11.8 Å². The topological polar surface area (TPSA) is 23.5 Å². The van der Waals surface area contributed by atoms with Crippen molar-refractivity contribution in [3.05, 3.63) is 35.9 Å². The number of benzene rings is 1. The molecule has 94 valence electrons. The van der Waals surface area contributed by atoms with Gasteiger partial charge in [0.15, 0.2) is 0 Å². The Morgan fingerprint density at radius 3 is 2.53 bits per heavy atom. The molecule has 0 saturated carbocycles. The van der Waals surface area contributed by atoms with Gasteiger partial charge in [0, 0.05) is 25.6 Å². The second-order valence-corrected chi connectivity index (χ2v) is 5.86. The lowest BCUT2D eigenvalue weighted by Gasteiger charge is -2.27. The molecule has 0 radical (unpaired) electrons. The van der Waals surface area contributed by atoms with Crippen LogP contribution in [0.4, 0.5) is 0 Å². The van der Waals surface area contributed by atoms with Crippen LogP contribution in [0.3, 0.4) is 0 Å². The molecule has 0 bridgehead atoms. The number of likely N-dealkylation sites (tertiary alicyclic amines) is 1. The van der Waals surface area contributed by atoms with Crippen LogP contribution in [-0.2, 0) is 6.54 Å². The van der Waals surface area contributed by atoms with E-state index in [2.05, 4.69) is 43.0 Å². The SMILES string of the molecule is CC(C)[C@H]1CN(Cc2ccccc2)C[C@]1(C)O. The van der Waals surface area contributed by atoms with Gasteiger partial charge in [-0.05, 0) is 18.4 Å². The van der Waals surface area contributed by atoms with Crippen LogP contribution in [0.5, 0.6) is 0 Å². The fourth-order valence-corrected chi connectivity index (χ4v) is 3.00. The molecule has 1 heterocycles. The molecule has 1 fully saturated rings. The van der Waals surface area contributed by atoms with Crippen LogP contribution in [-0.4, -0.2) is 28.7 Å². The highest BCUT2D eigenvalue weighted by atomic mass is 16.3. The molecular formula is C15H23NO. The number of nitrogens with zero attached hydrogens (tertiary/aromatic N) is 1. The van der Waals surface area contributed by atoms with Crippen LogP contribution in [0.25, 0.3) is 0 Å². The Hall–Kier alpha value is -0.860. The molecule has 1 aromatic rings. The Balaban J connectivity index is 2.02. The van der Waals surface area contributed by atoms with Crippen LogP contribution >= 0.6 is 0 Å². The van der Waals surface area contributed by atoms with Crippen molar-refractivity contribution in [2.45, 2.75) is 32.9 Å². The number of hydrogen-bond acceptors (Lipinski definition) is 2. The van der Waals surface area contributed by atoms with Gasteiger partial charge >= 0.3 is 0 Å². The fraction of sp³-hybridized carbons (Fsp3) is 0.600. The van der Waals surface area contributed by atoms with E-state index in [4.69, 9.17) is 0 Å². The average Bonchev–Trinajstić information content (AvgIpc) is 2.55. The van der Waals surface area contributed by atoms with E-state index in [0.717, 1.165) is 19.6 Å². The van der Waals surface area contributed by atoms with Crippen molar-refractivity contribution in [1.29, 1.82) is 0 Å². The monoisotopic (exact) mass is 233 g/mol.